The maximum Gasteiger partial charge on any atom is 0.313 e. The highest BCUT2D eigenvalue weighted by atomic mass is 32.2. The lowest BCUT2D eigenvalue weighted by Crippen LogP contribution is -2.13. The first-order valence-electron chi connectivity index (χ1n) is 6.10. The summed E-state index contributed by atoms with van der Waals surface area (Å²) < 4.78 is 6.89. The minimum atomic E-state index is -0.962. The van der Waals surface area contributed by atoms with E-state index in [-0.39, 0.29) is 5.75 Å². The summed E-state index contributed by atoms with van der Waals surface area (Å²) in [5.41, 5.74) is 1.32. The van der Waals surface area contributed by atoms with Gasteiger partial charge in [0, 0.05) is 18.0 Å². The van der Waals surface area contributed by atoms with Crippen molar-refractivity contribution in [2.45, 2.75) is 12.1 Å². The maximum atomic E-state index is 11.4. The molecule has 0 saturated carbocycles. The molecule has 0 bridgehead atoms. The number of methoxy groups -OCH3 is 1. The standard InChI is InChI=1S/C14H14N2O4S/c1-9-7-10(3-4-11(9)20-2)16-6-5-12(17)15-14(16)21-8-13(18)19/h3-7H,8H2,1-2H3,(H,18,19). The summed E-state index contributed by atoms with van der Waals surface area (Å²) in [6.07, 6.45) is 1.58. The van der Waals surface area contributed by atoms with Crippen LogP contribution >= 0.6 is 11.8 Å². The van der Waals surface area contributed by atoms with Gasteiger partial charge in [0.25, 0.3) is 5.56 Å². The van der Waals surface area contributed by atoms with Gasteiger partial charge in [-0.3, -0.25) is 14.2 Å². The highest BCUT2D eigenvalue weighted by Gasteiger charge is 2.09. The van der Waals surface area contributed by atoms with Crippen LogP contribution in [0.4, 0.5) is 0 Å². The number of benzene rings is 1. The number of thioether (sulfide) groups is 1. The summed E-state index contributed by atoms with van der Waals surface area (Å²) in [5.74, 6) is -0.367. The number of aryl methyl sites for hydroxylation is 1. The summed E-state index contributed by atoms with van der Waals surface area (Å²) in [5, 5.41) is 9.11. The van der Waals surface area contributed by atoms with Crippen LogP contribution in [0.2, 0.25) is 0 Å². The molecule has 0 aliphatic carbocycles. The minimum absolute atomic E-state index is 0.161. The van der Waals surface area contributed by atoms with E-state index in [0.717, 1.165) is 28.8 Å². The largest absolute Gasteiger partial charge is 0.496 e. The molecule has 2 aromatic rings. The third-order valence-corrected chi connectivity index (χ3v) is 3.70. The van der Waals surface area contributed by atoms with Crippen molar-refractivity contribution >= 4 is 17.7 Å². The second-order valence-electron chi connectivity index (χ2n) is 4.25. The second-order valence-corrected chi connectivity index (χ2v) is 5.20. The van der Waals surface area contributed by atoms with Crippen LogP contribution in [0.3, 0.4) is 0 Å². The van der Waals surface area contributed by atoms with Gasteiger partial charge in [-0.15, -0.1) is 0 Å². The number of ether oxygens (including phenoxy) is 1. The van der Waals surface area contributed by atoms with Crippen molar-refractivity contribution in [1.82, 2.24) is 9.55 Å². The van der Waals surface area contributed by atoms with Crippen LogP contribution in [0, 0.1) is 6.92 Å². The molecule has 1 heterocycles. The van der Waals surface area contributed by atoms with Crippen molar-refractivity contribution in [3.63, 3.8) is 0 Å². The van der Waals surface area contributed by atoms with Gasteiger partial charge in [0.05, 0.1) is 12.9 Å². The lowest BCUT2D eigenvalue weighted by atomic mass is 10.2. The molecular weight excluding hydrogens is 292 g/mol. The number of rotatable bonds is 5. The minimum Gasteiger partial charge on any atom is -0.496 e. The van der Waals surface area contributed by atoms with E-state index in [1.165, 1.54) is 6.07 Å². The Balaban J connectivity index is 2.45. The molecule has 0 amide bonds. The van der Waals surface area contributed by atoms with Crippen LogP contribution in [0.1, 0.15) is 5.56 Å². The molecule has 0 radical (unpaired) electrons. The number of hydrogen-bond donors (Lipinski definition) is 1. The Bertz CT molecular complexity index is 727. The molecule has 0 fully saturated rings. The van der Waals surface area contributed by atoms with Gasteiger partial charge in [0.1, 0.15) is 5.75 Å². The molecule has 0 saturated heterocycles. The zero-order chi connectivity index (χ0) is 15.4. The number of carbonyl (C=O) groups is 1. The van der Waals surface area contributed by atoms with Crippen molar-refractivity contribution in [2.24, 2.45) is 0 Å². The summed E-state index contributed by atoms with van der Waals surface area (Å²) in [6.45, 7) is 1.91. The summed E-state index contributed by atoms with van der Waals surface area (Å²) in [4.78, 5) is 25.9. The third-order valence-electron chi connectivity index (χ3n) is 2.76. The molecule has 0 aliphatic heterocycles. The second kappa shape index (κ2) is 6.45. The predicted molar refractivity (Wildman–Crippen MR) is 79.5 cm³/mol. The van der Waals surface area contributed by atoms with Crippen LogP contribution in [-0.2, 0) is 4.79 Å². The first kappa shape index (κ1) is 15.1. The molecule has 0 atom stereocenters. The fourth-order valence-electron chi connectivity index (χ4n) is 1.82. The van der Waals surface area contributed by atoms with Gasteiger partial charge in [0.15, 0.2) is 5.16 Å². The third kappa shape index (κ3) is 3.63. The molecule has 2 rings (SSSR count). The first-order valence-corrected chi connectivity index (χ1v) is 7.09. The topological polar surface area (TPSA) is 81.4 Å². The molecule has 0 spiro atoms. The fraction of sp³-hybridized carbons (Fsp3) is 0.214. The van der Waals surface area contributed by atoms with Gasteiger partial charge in [-0.2, -0.15) is 4.98 Å². The molecule has 21 heavy (non-hydrogen) atoms. The average Bonchev–Trinajstić information content (AvgIpc) is 2.45. The van der Waals surface area contributed by atoms with Crippen LogP contribution in [0.25, 0.3) is 5.69 Å². The van der Waals surface area contributed by atoms with Crippen molar-refractivity contribution in [3.8, 4) is 11.4 Å². The normalized spacial score (nSPS) is 10.4. The zero-order valence-corrected chi connectivity index (χ0v) is 12.4. The summed E-state index contributed by atoms with van der Waals surface area (Å²) >= 11 is 1.00. The van der Waals surface area contributed by atoms with E-state index in [0.29, 0.717) is 5.16 Å². The van der Waals surface area contributed by atoms with E-state index >= 15 is 0 Å². The van der Waals surface area contributed by atoms with E-state index in [4.69, 9.17) is 9.84 Å². The lowest BCUT2D eigenvalue weighted by Gasteiger charge is -2.13. The highest BCUT2D eigenvalue weighted by molar-refractivity contribution is 7.99. The molecule has 1 aromatic heterocycles. The van der Waals surface area contributed by atoms with Gasteiger partial charge in [-0.25, -0.2) is 0 Å². The Morgan fingerprint density at radius 1 is 1.43 bits per heavy atom. The SMILES string of the molecule is COc1ccc(-n2ccc(=O)nc2SCC(=O)O)cc1C. The summed E-state index contributed by atoms with van der Waals surface area (Å²) in [6, 6.07) is 6.86. The van der Waals surface area contributed by atoms with Crippen LogP contribution in [0.5, 0.6) is 5.75 Å². The molecule has 1 N–H and O–H groups in total. The quantitative estimate of drug-likeness (QED) is 0.669. The smallest absolute Gasteiger partial charge is 0.313 e. The molecule has 0 aliphatic rings. The van der Waals surface area contributed by atoms with Gasteiger partial charge in [0.2, 0.25) is 0 Å². The monoisotopic (exact) mass is 306 g/mol. The summed E-state index contributed by atoms with van der Waals surface area (Å²) in [7, 11) is 1.59. The van der Waals surface area contributed by atoms with Gasteiger partial charge in [-0.05, 0) is 30.7 Å². The number of aromatic nitrogens is 2. The predicted octanol–water partition coefficient (Wildman–Crippen LogP) is 1.73. The van der Waals surface area contributed by atoms with Crippen molar-refractivity contribution in [1.29, 1.82) is 0 Å². The average molecular weight is 306 g/mol. The lowest BCUT2D eigenvalue weighted by molar-refractivity contribution is -0.133. The maximum absolute atomic E-state index is 11.4. The van der Waals surface area contributed by atoms with E-state index in [1.807, 2.05) is 25.1 Å². The van der Waals surface area contributed by atoms with Crippen LogP contribution in [-0.4, -0.2) is 33.5 Å². The van der Waals surface area contributed by atoms with Crippen LogP contribution in [0.15, 0.2) is 40.4 Å². The van der Waals surface area contributed by atoms with E-state index in [9.17, 15) is 9.59 Å². The first-order chi connectivity index (χ1) is 10.0. The van der Waals surface area contributed by atoms with Crippen molar-refractivity contribution in [2.75, 3.05) is 12.9 Å². The molecule has 1 aromatic carbocycles. The Labute approximate surface area is 125 Å². The van der Waals surface area contributed by atoms with E-state index in [1.54, 1.807) is 17.9 Å². The Hall–Kier alpha value is -2.28. The van der Waals surface area contributed by atoms with Gasteiger partial charge < -0.3 is 9.84 Å². The van der Waals surface area contributed by atoms with E-state index in [2.05, 4.69) is 4.98 Å². The van der Waals surface area contributed by atoms with Gasteiger partial charge >= 0.3 is 5.97 Å². The fourth-order valence-corrected chi connectivity index (χ4v) is 2.54. The molecular formula is C14H14N2O4S. The van der Waals surface area contributed by atoms with Crippen molar-refractivity contribution in [3.05, 3.63) is 46.4 Å². The molecule has 6 nitrogen and oxygen atoms in total. The van der Waals surface area contributed by atoms with Gasteiger partial charge in [-0.1, -0.05) is 11.8 Å². The highest BCUT2D eigenvalue weighted by Crippen LogP contribution is 2.23. The zero-order valence-electron chi connectivity index (χ0n) is 11.6. The molecule has 7 heteroatoms. The number of aliphatic carboxylic acids is 1. The molecule has 0 unspecified atom stereocenters. The van der Waals surface area contributed by atoms with Crippen LogP contribution < -0.4 is 10.3 Å². The Morgan fingerprint density at radius 2 is 2.19 bits per heavy atom. The Morgan fingerprint density at radius 3 is 2.81 bits per heavy atom. The number of nitrogens with zero attached hydrogens (tertiary/aromatic N) is 2. The Kier molecular flexibility index (Phi) is 4.64. The van der Waals surface area contributed by atoms with E-state index < -0.39 is 11.5 Å². The number of carboxylic acids is 1. The number of hydrogen-bond acceptors (Lipinski definition) is 5. The van der Waals surface area contributed by atoms with Crippen molar-refractivity contribution < 1.29 is 14.6 Å². The number of carboxylic acid groups (broad SMARTS) is 1. The molecule has 110 valence electrons.